The summed E-state index contributed by atoms with van der Waals surface area (Å²) in [6.45, 7) is 4.12. The van der Waals surface area contributed by atoms with E-state index in [0.29, 0.717) is 36.3 Å². The van der Waals surface area contributed by atoms with E-state index in [1.165, 1.54) is 5.56 Å². The van der Waals surface area contributed by atoms with Crippen LogP contribution in [0, 0.1) is 5.92 Å². The fourth-order valence-electron chi connectivity index (χ4n) is 4.61. The summed E-state index contributed by atoms with van der Waals surface area (Å²) in [7, 11) is 5.31. The molecule has 2 aliphatic rings. The van der Waals surface area contributed by atoms with E-state index in [9.17, 15) is 4.79 Å². The average molecular weight is 315 g/mol. The molecule has 0 unspecified atom stereocenters. The largest absolute Gasteiger partial charge is 0.493 e. The highest BCUT2D eigenvalue weighted by molar-refractivity contribution is 5.82. The third-order valence-electron chi connectivity index (χ3n) is 5.64. The first-order chi connectivity index (χ1) is 11.1. The Hall–Kier alpha value is -1.81. The first-order valence-corrected chi connectivity index (χ1v) is 8.18. The first-order valence-electron chi connectivity index (χ1n) is 8.18. The number of carbonyl (C=O) groups is 1. The van der Waals surface area contributed by atoms with Crippen molar-refractivity contribution in [1.82, 2.24) is 5.32 Å². The van der Waals surface area contributed by atoms with Crippen LogP contribution in [0.1, 0.15) is 30.4 Å². The van der Waals surface area contributed by atoms with Crippen LogP contribution in [-0.4, -0.2) is 33.1 Å². The van der Waals surface area contributed by atoms with Crippen LogP contribution >= 0.6 is 0 Å². The Balaban J connectivity index is 2.28. The van der Waals surface area contributed by atoms with Crippen molar-refractivity contribution in [2.75, 3.05) is 21.3 Å². The SMILES string of the molecule is C=C[C@@]12CC(=O)CC[C@@H]1[C@@H](NC)Cc1ccc(OC)c(OC)c12. The number of rotatable bonds is 4. The molecule has 1 fully saturated rings. The van der Waals surface area contributed by atoms with Gasteiger partial charge in [0, 0.05) is 29.9 Å². The molecule has 0 aromatic heterocycles. The Morgan fingerprint density at radius 2 is 2.13 bits per heavy atom. The second-order valence-corrected chi connectivity index (χ2v) is 6.54. The van der Waals surface area contributed by atoms with Gasteiger partial charge >= 0.3 is 0 Å². The molecule has 0 radical (unpaired) electrons. The standard InChI is InChI=1S/C19H25NO3/c1-5-19-11-13(21)7-8-14(19)15(20-2)10-12-6-9-16(22-3)18(23-4)17(12)19/h5-6,9,14-15,20H,1,7-8,10-11H2,2-4H3/t14-,15+,19-/m1/s1. The van der Waals surface area contributed by atoms with Crippen molar-refractivity contribution in [3.8, 4) is 11.5 Å². The number of methoxy groups -OCH3 is 2. The number of Topliss-reactive ketones (excluding diaryl/α,β-unsaturated/α-hetero) is 1. The molecule has 124 valence electrons. The normalized spacial score (nSPS) is 29.4. The van der Waals surface area contributed by atoms with Crippen molar-refractivity contribution in [3.05, 3.63) is 35.9 Å². The highest BCUT2D eigenvalue weighted by Crippen LogP contribution is 2.54. The van der Waals surface area contributed by atoms with Crippen LogP contribution in [0.2, 0.25) is 0 Å². The van der Waals surface area contributed by atoms with Gasteiger partial charge < -0.3 is 14.8 Å². The van der Waals surface area contributed by atoms with Gasteiger partial charge in [0.25, 0.3) is 0 Å². The molecule has 1 N–H and O–H groups in total. The van der Waals surface area contributed by atoms with Gasteiger partial charge in [-0.2, -0.15) is 0 Å². The van der Waals surface area contributed by atoms with Gasteiger partial charge in [0.05, 0.1) is 14.2 Å². The van der Waals surface area contributed by atoms with Crippen molar-refractivity contribution in [2.24, 2.45) is 5.92 Å². The van der Waals surface area contributed by atoms with Gasteiger partial charge in [0.15, 0.2) is 11.5 Å². The zero-order chi connectivity index (χ0) is 16.6. The quantitative estimate of drug-likeness (QED) is 0.868. The van der Waals surface area contributed by atoms with E-state index in [2.05, 4.69) is 18.0 Å². The van der Waals surface area contributed by atoms with Crippen LogP contribution in [-0.2, 0) is 16.6 Å². The molecule has 1 aromatic rings. The monoisotopic (exact) mass is 315 g/mol. The van der Waals surface area contributed by atoms with E-state index in [1.807, 2.05) is 19.2 Å². The maximum Gasteiger partial charge on any atom is 0.165 e. The molecule has 0 aliphatic heterocycles. The van der Waals surface area contributed by atoms with Gasteiger partial charge in [-0.15, -0.1) is 6.58 Å². The molecule has 0 saturated heterocycles. The topological polar surface area (TPSA) is 47.6 Å². The smallest absolute Gasteiger partial charge is 0.165 e. The lowest BCUT2D eigenvalue weighted by Gasteiger charge is -2.50. The average Bonchev–Trinajstić information content (AvgIpc) is 2.59. The number of carbonyl (C=O) groups excluding carboxylic acids is 1. The third-order valence-corrected chi connectivity index (χ3v) is 5.64. The molecular weight excluding hydrogens is 290 g/mol. The number of ketones is 1. The summed E-state index contributed by atoms with van der Waals surface area (Å²) in [4.78, 5) is 12.3. The Bertz CT molecular complexity index is 640. The molecule has 23 heavy (non-hydrogen) atoms. The summed E-state index contributed by atoms with van der Waals surface area (Å²) in [5, 5.41) is 3.45. The Morgan fingerprint density at radius 3 is 2.74 bits per heavy atom. The van der Waals surface area contributed by atoms with Gasteiger partial charge in [-0.1, -0.05) is 12.1 Å². The van der Waals surface area contributed by atoms with Gasteiger partial charge in [-0.25, -0.2) is 0 Å². The molecule has 1 saturated carbocycles. The van der Waals surface area contributed by atoms with E-state index in [1.54, 1.807) is 14.2 Å². The number of benzene rings is 1. The molecule has 4 nitrogen and oxygen atoms in total. The van der Waals surface area contributed by atoms with Gasteiger partial charge in [-0.05, 0) is 37.4 Å². The summed E-state index contributed by atoms with van der Waals surface area (Å²) in [6.07, 6.45) is 4.94. The molecule has 0 heterocycles. The van der Waals surface area contributed by atoms with E-state index >= 15 is 0 Å². The van der Waals surface area contributed by atoms with Crippen molar-refractivity contribution in [1.29, 1.82) is 0 Å². The van der Waals surface area contributed by atoms with Crippen molar-refractivity contribution < 1.29 is 14.3 Å². The van der Waals surface area contributed by atoms with Crippen LogP contribution in [0.15, 0.2) is 24.8 Å². The molecule has 1 aromatic carbocycles. The zero-order valence-electron chi connectivity index (χ0n) is 14.1. The van der Waals surface area contributed by atoms with Gasteiger partial charge in [0.1, 0.15) is 5.78 Å². The number of likely N-dealkylation sites (N-methyl/N-ethyl adjacent to an activating group) is 1. The van der Waals surface area contributed by atoms with Crippen LogP contribution in [0.25, 0.3) is 0 Å². The maximum absolute atomic E-state index is 12.3. The minimum absolute atomic E-state index is 0.300. The van der Waals surface area contributed by atoms with Gasteiger partial charge in [0.2, 0.25) is 0 Å². The fraction of sp³-hybridized carbons (Fsp3) is 0.526. The van der Waals surface area contributed by atoms with Gasteiger partial charge in [-0.3, -0.25) is 4.79 Å². The van der Waals surface area contributed by atoms with E-state index in [4.69, 9.17) is 9.47 Å². The van der Waals surface area contributed by atoms with Crippen LogP contribution in [0.5, 0.6) is 11.5 Å². The Kier molecular flexibility index (Phi) is 4.19. The predicted octanol–water partition coefficient (Wildman–Crippen LogP) is 2.64. The summed E-state index contributed by atoms with van der Waals surface area (Å²) >= 11 is 0. The lowest BCUT2D eigenvalue weighted by Crippen LogP contribution is -2.54. The number of allylic oxidation sites excluding steroid dienone is 1. The predicted molar refractivity (Wildman–Crippen MR) is 90.3 cm³/mol. The van der Waals surface area contributed by atoms with Crippen LogP contribution < -0.4 is 14.8 Å². The third kappa shape index (κ3) is 2.27. The second kappa shape index (κ2) is 6.00. The number of hydrogen-bond acceptors (Lipinski definition) is 4. The molecule has 3 rings (SSSR count). The van der Waals surface area contributed by atoms with Crippen molar-refractivity contribution in [3.63, 3.8) is 0 Å². The first kappa shape index (κ1) is 16.1. The molecule has 0 bridgehead atoms. The Labute approximate surface area is 137 Å². The lowest BCUT2D eigenvalue weighted by atomic mass is 9.55. The summed E-state index contributed by atoms with van der Waals surface area (Å²) in [5.74, 6) is 2.11. The summed E-state index contributed by atoms with van der Waals surface area (Å²) in [5.41, 5.74) is 1.93. The molecule has 0 amide bonds. The molecule has 0 spiro atoms. The van der Waals surface area contributed by atoms with Crippen LogP contribution in [0.4, 0.5) is 0 Å². The maximum atomic E-state index is 12.3. The molecule has 3 atom stereocenters. The van der Waals surface area contributed by atoms with E-state index in [0.717, 1.165) is 24.2 Å². The van der Waals surface area contributed by atoms with Crippen molar-refractivity contribution in [2.45, 2.75) is 37.1 Å². The van der Waals surface area contributed by atoms with Crippen molar-refractivity contribution >= 4 is 5.78 Å². The zero-order valence-corrected chi connectivity index (χ0v) is 14.1. The van der Waals surface area contributed by atoms with E-state index < -0.39 is 0 Å². The number of nitrogens with one attached hydrogen (secondary N) is 1. The summed E-state index contributed by atoms with van der Waals surface area (Å²) < 4.78 is 11.2. The minimum Gasteiger partial charge on any atom is -0.493 e. The van der Waals surface area contributed by atoms with E-state index in [-0.39, 0.29) is 5.41 Å². The second-order valence-electron chi connectivity index (χ2n) is 6.54. The molecule has 2 aliphatic carbocycles. The Morgan fingerprint density at radius 1 is 1.35 bits per heavy atom. The fourth-order valence-corrected chi connectivity index (χ4v) is 4.61. The number of ether oxygens (including phenoxy) is 2. The summed E-state index contributed by atoms with van der Waals surface area (Å²) in [6, 6.07) is 4.39. The van der Waals surface area contributed by atoms with Crippen LogP contribution in [0.3, 0.4) is 0 Å². The molecular formula is C19H25NO3. The number of fused-ring (bicyclic) bond motifs is 3. The minimum atomic E-state index is -0.378. The molecule has 4 heteroatoms. The highest BCUT2D eigenvalue weighted by Gasteiger charge is 2.51. The lowest BCUT2D eigenvalue weighted by molar-refractivity contribution is -0.123. The number of hydrogen-bond donors (Lipinski definition) is 1. The highest BCUT2D eigenvalue weighted by atomic mass is 16.5.